The number of carbonyl (C=O) groups is 2. The van der Waals surface area contributed by atoms with Crippen molar-refractivity contribution >= 4 is 23.6 Å². The number of rotatable bonds is 3. The summed E-state index contributed by atoms with van der Waals surface area (Å²) in [6.07, 6.45) is 1.08. The van der Waals surface area contributed by atoms with Crippen molar-refractivity contribution in [1.82, 2.24) is 10.3 Å². The van der Waals surface area contributed by atoms with Crippen LogP contribution in [0.2, 0.25) is 5.02 Å². The number of hydrogen-bond donors (Lipinski definition) is 1. The third-order valence-electron chi connectivity index (χ3n) is 3.40. The molecule has 1 aromatic heterocycles. The van der Waals surface area contributed by atoms with Gasteiger partial charge in [0.2, 0.25) is 5.91 Å². The number of pyridine rings is 1. The van der Waals surface area contributed by atoms with Gasteiger partial charge in [0.25, 0.3) is 0 Å². The van der Waals surface area contributed by atoms with E-state index in [-0.39, 0.29) is 6.42 Å². The maximum absolute atomic E-state index is 12.6. The minimum absolute atomic E-state index is 0.215. The summed E-state index contributed by atoms with van der Waals surface area (Å²) in [5.41, 5.74) is 0.620. The van der Waals surface area contributed by atoms with Crippen LogP contribution in [-0.4, -0.2) is 22.6 Å². The molecule has 2 rings (SSSR count). The number of benzene rings is 1. The number of alkyl carbamates (subject to hydrolysis) is 1. The molecule has 1 unspecified atom stereocenters. The van der Waals surface area contributed by atoms with Crippen molar-refractivity contribution in [3.63, 3.8) is 0 Å². The van der Waals surface area contributed by atoms with Crippen molar-refractivity contribution in [1.29, 1.82) is 0 Å². The largest absolute Gasteiger partial charge is 0.444 e. The van der Waals surface area contributed by atoms with Gasteiger partial charge in [-0.15, -0.1) is 0 Å². The molecule has 0 aliphatic rings. The van der Waals surface area contributed by atoms with Gasteiger partial charge in [0.05, 0.1) is 5.92 Å². The minimum Gasteiger partial charge on any atom is -0.444 e. The molecule has 27 heavy (non-hydrogen) atoms. The van der Waals surface area contributed by atoms with Gasteiger partial charge in [0.1, 0.15) is 11.3 Å². The molecule has 0 radical (unpaired) electrons. The van der Waals surface area contributed by atoms with Gasteiger partial charge in [0.15, 0.2) is 0 Å². The van der Waals surface area contributed by atoms with Crippen LogP contribution in [0.1, 0.15) is 44.4 Å². The molecule has 0 spiro atoms. The van der Waals surface area contributed by atoms with Gasteiger partial charge >= 0.3 is 6.09 Å². The maximum atomic E-state index is 12.6. The highest BCUT2D eigenvalue weighted by Gasteiger charge is 2.24. The lowest BCUT2D eigenvalue weighted by Crippen LogP contribution is -2.38. The Morgan fingerprint density at radius 1 is 1.19 bits per heavy atom. The summed E-state index contributed by atoms with van der Waals surface area (Å²) in [7, 11) is 0. The normalized spacial score (nSPS) is 11.7. The molecule has 1 aromatic carbocycles. The third-order valence-corrected chi connectivity index (χ3v) is 3.65. The number of nitrogens with one attached hydrogen (secondary N) is 1. The molecule has 2 aromatic rings. The van der Waals surface area contributed by atoms with E-state index in [1.165, 1.54) is 0 Å². The second-order valence-electron chi connectivity index (χ2n) is 6.82. The Morgan fingerprint density at radius 3 is 2.48 bits per heavy atom. The fourth-order valence-corrected chi connectivity index (χ4v) is 2.35. The van der Waals surface area contributed by atoms with Crippen LogP contribution in [0.15, 0.2) is 48.7 Å². The number of aromatic nitrogens is 1. The van der Waals surface area contributed by atoms with E-state index in [4.69, 9.17) is 16.3 Å². The first-order valence-electron chi connectivity index (χ1n) is 8.44. The van der Waals surface area contributed by atoms with Crippen LogP contribution in [0.25, 0.3) is 0 Å². The Hall–Kier alpha value is -2.84. The smallest absolute Gasteiger partial charge is 0.414 e. The second kappa shape index (κ2) is 9.20. The van der Waals surface area contributed by atoms with Gasteiger partial charge in [-0.25, -0.2) is 9.78 Å². The molecule has 0 aliphatic heterocycles. The Bertz CT molecular complexity index is 847. The summed E-state index contributed by atoms with van der Waals surface area (Å²) in [5, 5.41) is 2.84. The third kappa shape index (κ3) is 7.12. The Morgan fingerprint density at radius 2 is 1.89 bits per heavy atom. The van der Waals surface area contributed by atoms with Crippen LogP contribution in [0.5, 0.6) is 0 Å². The van der Waals surface area contributed by atoms with Crippen LogP contribution >= 0.6 is 11.6 Å². The number of imide groups is 1. The molecular weight excluding hydrogens is 364 g/mol. The highest BCUT2D eigenvalue weighted by molar-refractivity contribution is 6.30. The standard InChI is InChI=1S/C21H21ClN2O3/c1-21(2,3)27-20(26)24-19(25)18(15-10-12-16(22)13-11-15)9-6-8-17-7-4-5-14-23-17/h4-5,7,10-14,18H,9H2,1-3H3,(H,24,25,26). The molecule has 1 N–H and O–H groups in total. The number of amides is 2. The average Bonchev–Trinajstić information content (AvgIpc) is 2.59. The molecule has 1 heterocycles. The predicted octanol–water partition coefficient (Wildman–Crippen LogP) is 4.31. The zero-order valence-electron chi connectivity index (χ0n) is 15.5. The molecule has 5 nitrogen and oxygen atoms in total. The highest BCUT2D eigenvalue weighted by atomic mass is 35.5. The van der Waals surface area contributed by atoms with Crippen molar-refractivity contribution in [2.24, 2.45) is 0 Å². The van der Waals surface area contributed by atoms with Crippen molar-refractivity contribution < 1.29 is 14.3 Å². The van der Waals surface area contributed by atoms with E-state index >= 15 is 0 Å². The fourth-order valence-electron chi connectivity index (χ4n) is 2.23. The van der Waals surface area contributed by atoms with Crippen LogP contribution < -0.4 is 5.32 Å². The van der Waals surface area contributed by atoms with Crippen molar-refractivity contribution in [2.75, 3.05) is 0 Å². The van der Waals surface area contributed by atoms with Gasteiger partial charge in [0, 0.05) is 17.6 Å². The summed E-state index contributed by atoms with van der Waals surface area (Å²) in [5.74, 6) is 4.75. The summed E-state index contributed by atoms with van der Waals surface area (Å²) in [6, 6.07) is 12.3. The van der Waals surface area contributed by atoms with Crippen molar-refractivity contribution in [3.05, 3.63) is 64.9 Å². The zero-order chi connectivity index (χ0) is 19.9. The highest BCUT2D eigenvalue weighted by Crippen LogP contribution is 2.22. The molecule has 6 heteroatoms. The molecule has 0 saturated carbocycles. The summed E-state index contributed by atoms with van der Waals surface area (Å²) < 4.78 is 5.15. The Balaban J connectivity index is 2.17. The van der Waals surface area contributed by atoms with Crippen molar-refractivity contribution in [3.8, 4) is 11.8 Å². The number of nitrogens with zero attached hydrogens (tertiary/aromatic N) is 1. The molecule has 0 fully saturated rings. The molecule has 2 amide bonds. The summed E-state index contributed by atoms with van der Waals surface area (Å²) >= 11 is 5.93. The first kappa shape index (κ1) is 20.5. The molecule has 1 atom stereocenters. The maximum Gasteiger partial charge on any atom is 0.414 e. The monoisotopic (exact) mass is 384 g/mol. The Kier molecular flexibility index (Phi) is 6.98. The molecule has 140 valence electrons. The number of ether oxygens (including phenoxy) is 1. The van der Waals surface area contributed by atoms with Gasteiger partial charge < -0.3 is 4.74 Å². The lowest BCUT2D eigenvalue weighted by atomic mass is 9.95. The summed E-state index contributed by atoms with van der Waals surface area (Å²) in [6.45, 7) is 5.18. The van der Waals surface area contributed by atoms with E-state index < -0.39 is 23.5 Å². The van der Waals surface area contributed by atoms with E-state index in [2.05, 4.69) is 22.1 Å². The van der Waals surface area contributed by atoms with E-state index in [9.17, 15) is 9.59 Å². The van der Waals surface area contributed by atoms with Crippen LogP contribution in [0.3, 0.4) is 0 Å². The first-order valence-corrected chi connectivity index (χ1v) is 8.81. The lowest BCUT2D eigenvalue weighted by Gasteiger charge is -2.20. The average molecular weight is 385 g/mol. The molecule has 0 aliphatic carbocycles. The number of carbonyl (C=O) groups excluding carboxylic acids is 2. The fraction of sp³-hybridized carbons (Fsp3) is 0.286. The van der Waals surface area contributed by atoms with E-state index in [0.29, 0.717) is 16.3 Å². The van der Waals surface area contributed by atoms with Gasteiger partial charge in [-0.05, 0) is 56.5 Å². The SMILES string of the molecule is CC(C)(C)OC(=O)NC(=O)C(CC#Cc1ccccn1)c1ccc(Cl)cc1. The number of hydrogen-bond acceptors (Lipinski definition) is 4. The van der Waals surface area contributed by atoms with Crippen LogP contribution in [0.4, 0.5) is 4.79 Å². The quantitative estimate of drug-likeness (QED) is 0.800. The second-order valence-corrected chi connectivity index (χ2v) is 7.25. The van der Waals surface area contributed by atoms with Gasteiger partial charge in [-0.3, -0.25) is 10.1 Å². The van der Waals surface area contributed by atoms with E-state index in [0.717, 1.165) is 0 Å². The van der Waals surface area contributed by atoms with Crippen LogP contribution in [0, 0.1) is 11.8 Å². The van der Waals surface area contributed by atoms with E-state index in [1.54, 1.807) is 63.4 Å². The topological polar surface area (TPSA) is 68.3 Å². The molecule has 0 bridgehead atoms. The van der Waals surface area contributed by atoms with Crippen LogP contribution in [-0.2, 0) is 9.53 Å². The predicted molar refractivity (Wildman–Crippen MR) is 104 cm³/mol. The zero-order valence-corrected chi connectivity index (χ0v) is 16.2. The van der Waals surface area contributed by atoms with Gasteiger partial charge in [-0.1, -0.05) is 35.7 Å². The van der Waals surface area contributed by atoms with Gasteiger partial charge in [-0.2, -0.15) is 0 Å². The minimum atomic E-state index is -0.788. The lowest BCUT2D eigenvalue weighted by molar-refractivity contribution is -0.122. The van der Waals surface area contributed by atoms with E-state index in [1.807, 2.05) is 6.07 Å². The molecule has 0 saturated heterocycles. The van der Waals surface area contributed by atoms with Crippen molar-refractivity contribution in [2.45, 2.75) is 38.7 Å². The number of halogens is 1. The molecular formula is C21H21ClN2O3. The Labute approximate surface area is 164 Å². The first-order chi connectivity index (χ1) is 12.7. The summed E-state index contributed by atoms with van der Waals surface area (Å²) in [4.78, 5) is 28.7.